The number of hydrogen-bond acceptors (Lipinski definition) is 6. The highest BCUT2D eigenvalue weighted by atomic mass is 19.1. The third-order valence-electron chi connectivity index (χ3n) is 7.93. The molecule has 0 aromatic carbocycles. The van der Waals surface area contributed by atoms with Crippen LogP contribution in [0.5, 0.6) is 0 Å². The summed E-state index contributed by atoms with van der Waals surface area (Å²) in [6, 6.07) is 4.97. The second kappa shape index (κ2) is 9.05. The van der Waals surface area contributed by atoms with E-state index >= 15 is 0 Å². The molecule has 194 valence electrons. The fourth-order valence-electron chi connectivity index (χ4n) is 5.67. The fraction of sp³-hybridized carbons (Fsp3) is 0.500. The number of carbonyl (C=O) groups is 2. The molecule has 3 aliphatic rings. The Balaban J connectivity index is 1.38. The molecule has 2 aliphatic heterocycles. The number of pyridine rings is 1. The SMILES string of the molecule is CC(C)N1Cc2c(n(CC(=O)Nc3ccc(F)cn3)c3cc([C@@H]4CCN(C5CCC5)C4)nn3c2=O)C1=O. The van der Waals surface area contributed by atoms with Crippen LogP contribution in [-0.4, -0.2) is 66.0 Å². The molecule has 0 unspecified atom stereocenters. The van der Waals surface area contributed by atoms with E-state index in [2.05, 4.69) is 15.2 Å². The molecule has 3 aromatic rings. The minimum atomic E-state index is -0.508. The second-order valence-electron chi connectivity index (χ2n) is 10.6. The average Bonchev–Trinajstić information content (AvgIpc) is 3.55. The highest BCUT2D eigenvalue weighted by Gasteiger charge is 2.38. The van der Waals surface area contributed by atoms with Gasteiger partial charge in [0.15, 0.2) is 0 Å². The highest BCUT2D eigenvalue weighted by Crippen LogP contribution is 2.34. The van der Waals surface area contributed by atoms with E-state index in [9.17, 15) is 18.8 Å². The maximum atomic E-state index is 13.5. The topological polar surface area (TPSA) is 105 Å². The van der Waals surface area contributed by atoms with Gasteiger partial charge in [-0.3, -0.25) is 19.3 Å². The Labute approximate surface area is 213 Å². The molecule has 0 radical (unpaired) electrons. The van der Waals surface area contributed by atoms with E-state index in [0.717, 1.165) is 31.4 Å². The Morgan fingerprint density at radius 3 is 2.70 bits per heavy atom. The lowest BCUT2D eigenvalue weighted by Gasteiger charge is -2.34. The molecule has 1 atom stereocenters. The molecule has 0 bridgehead atoms. The Bertz CT molecular complexity index is 1440. The van der Waals surface area contributed by atoms with Gasteiger partial charge in [-0.25, -0.2) is 9.37 Å². The summed E-state index contributed by atoms with van der Waals surface area (Å²) in [5, 5.41) is 7.36. The van der Waals surface area contributed by atoms with E-state index in [1.807, 2.05) is 19.9 Å². The Morgan fingerprint density at radius 1 is 1.22 bits per heavy atom. The Kier molecular flexibility index (Phi) is 5.82. The van der Waals surface area contributed by atoms with Gasteiger partial charge < -0.3 is 14.8 Å². The molecule has 1 saturated heterocycles. The largest absolute Gasteiger partial charge is 0.330 e. The molecule has 11 heteroatoms. The lowest BCUT2D eigenvalue weighted by atomic mass is 9.92. The third kappa shape index (κ3) is 4.11. The van der Waals surface area contributed by atoms with Crippen LogP contribution >= 0.6 is 0 Å². The van der Waals surface area contributed by atoms with E-state index in [-0.39, 0.29) is 48.0 Å². The molecule has 2 fully saturated rings. The molecule has 1 N–H and O–H groups in total. The molecule has 6 rings (SSSR count). The van der Waals surface area contributed by atoms with E-state index < -0.39 is 11.7 Å². The number of carbonyl (C=O) groups excluding carboxylic acids is 2. The number of hydrogen-bond donors (Lipinski definition) is 1. The zero-order valence-corrected chi connectivity index (χ0v) is 21.0. The van der Waals surface area contributed by atoms with Crippen molar-refractivity contribution >= 4 is 23.3 Å². The van der Waals surface area contributed by atoms with E-state index in [1.165, 1.54) is 35.9 Å². The van der Waals surface area contributed by atoms with Gasteiger partial charge in [0, 0.05) is 30.6 Å². The first-order chi connectivity index (χ1) is 17.8. The van der Waals surface area contributed by atoms with E-state index in [4.69, 9.17) is 5.10 Å². The second-order valence-corrected chi connectivity index (χ2v) is 10.6. The van der Waals surface area contributed by atoms with Crippen LogP contribution in [0.1, 0.15) is 67.2 Å². The zero-order valence-electron chi connectivity index (χ0n) is 21.0. The van der Waals surface area contributed by atoms with Gasteiger partial charge in [0.25, 0.3) is 11.5 Å². The van der Waals surface area contributed by atoms with Crippen LogP contribution in [0.15, 0.2) is 29.2 Å². The molecule has 1 saturated carbocycles. The lowest BCUT2D eigenvalue weighted by Crippen LogP contribution is -2.38. The molecule has 37 heavy (non-hydrogen) atoms. The van der Waals surface area contributed by atoms with Crippen molar-refractivity contribution in [3.8, 4) is 0 Å². The number of nitrogens with zero attached hydrogens (tertiary/aromatic N) is 6. The predicted octanol–water partition coefficient (Wildman–Crippen LogP) is 2.37. The van der Waals surface area contributed by atoms with E-state index in [1.54, 1.807) is 9.47 Å². The first kappa shape index (κ1) is 23.8. The van der Waals surface area contributed by atoms with Crippen LogP contribution in [-0.2, 0) is 17.9 Å². The number of amides is 2. The Morgan fingerprint density at radius 2 is 2.03 bits per heavy atom. The standard InChI is InChI=1S/C26H30FN7O3/c1-15(2)32-13-19-24(26(32)37)33(14-22(35)29-21-7-6-17(27)11-28-21)23-10-20(30-34(23)25(19)36)16-8-9-31(12-16)18-4-3-5-18/h6-7,10-11,15-16,18H,3-5,8-9,12-14H2,1-2H3,(H,28,29,35)/t16-/m1/s1. The van der Waals surface area contributed by atoms with Crippen molar-refractivity contribution < 1.29 is 14.0 Å². The van der Waals surface area contributed by atoms with Gasteiger partial charge in [0.1, 0.15) is 29.5 Å². The molecule has 0 spiro atoms. The van der Waals surface area contributed by atoms with Crippen LogP contribution in [0.4, 0.5) is 10.2 Å². The van der Waals surface area contributed by atoms with Crippen molar-refractivity contribution in [1.29, 1.82) is 0 Å². The minimum Gasteiger partial charge on any atom is -0.330 e. The Hall–Kier alpha value is -3.60. The molecular formula is C26H30FN7O3. The fourth-order valence-corrected chi connectivity index (χ4v) is 5.67. The predicted molar refractivity (Wildman–Crippen MR) is 134 cm³/mol. The number of fused-ring (bicyclic) bond motifs is 2. The summed E-state index contributed by atoms with van der Waals surface area (Å²) in [6.07, 6.45) is 5.74. The van der Waals surface area contributed by atoms with Gasteiger partial charge in [-0.05, 0) is 51.8 Å². The smallest absolute Gasteiger partial charge is 0.280 e. The molecule has 3 aromatic heterocycles. The first-order valence-corrected chi connectivity index (χ1v) is 12.9. The quantitative estimate of drug-likeness (QED) is 0.549. The van der Waals surface area contributed by atoms with Gasteiger partial charge >= 0.3 is 0 Å². The van der Waals surface area contributed by atoms with Crippen molar-refractivity contribution in [2.75, 3.05) is 18.4 Å². The summed E-state index contributed by atoms with van der Waals surface area (Å²) in [5.74, 6) is -0.832. The van der Waals surface area contributed by atoms with Crippen LogP contribution in [0.2, 0.25) is 0 Å². The maximum Gasteiger partial charge on any atom is 0.280 e. The maximum absolute atomic E-state index is 13.5. The normalized spacial score (nSPS) is 20.2. The van der Waals surface area contributed by atoms with Gasteiger partial charge in [0.2, 0.25) is 5.91 Å². The lowest BCUT2D eigenvalue weighted by molar-refractivity contribution is -0.116. The summed E-state index contributed by atoms with van der Waals surface area (Å²) >= 11 is 0. The number of anilines is 1. The van der Waals surface area contributed by atoms with E-state index in [0.29, 0.717) is 17.3 Å². The summed E-state index contributed by atoms with van der Waals surface area (Å²) in [4.78, 5) is 47.9. The van der Waals surface area contributed by atoms with Crippen LogP contribution in [0.25, 0.3) is 5.65 Å². The number of likely N-dealkylation sites (tertiary alicyclic amines) is 1. The summed E-state index contributed by atoms with van der Waals surface area (Å²) in [5.41, 5.74) is 1.48. The van der Waals surface area contributed by atoms with Crippen LogP contribution in [0.3, 0.4) is 0 Å². The van der Waals surface area contributed by atoms with Crippen molar-refractivity contribution in [1.82, 2.24) is 29.0 Å². The van der Waals surface area contributed by atoms with Crippen molar-refractivity contribution in [2.45, 2.75) is 70.6 Å². The molecule has 10 nitrogen and oxygen atoms in total. The molecule has 5 heterocycles. The van der Waals surface area contributed by atoms with Crippen molar-refractivity contribution in [2.24, 2.45) is 0 Å². The van der Waals surface area contributed by atoms with Crippen LogP contribution < -0.4 is 10.9 Å². The summed E-state index contributed by atoms with van der Waals surface area (Å²) < 4.78 is 16.2. The summed E-state index contributed by atoms with van der Waals surface area (Å²) in [7, 11) is 0. The first-order valence-electron chi connectivity index (χ1n) is 12.9. The van der Waals surface area contributed by atoms with Gasteiger partial charge in [0.05, 0.1) is 24.0 Å². The molecular weight excluding hydrogens is 477 g/mol. The van der Waals surface area contributed by atoms with Gasteiger partial charge in [-0.15, -0.1) is 0 Å². The average molecular weight is 508 g/mol. The monoisotopic (exact) mass is 507 g/mol. The molecule has 2 amide bonds. The highest BCUT2D eigenvalue weighted by molar-refractivity contribution is 5.98. The van der Waals surface area contributed by atoms with Crippen molar-refractivity contribution in [3.05, 3.63) is 57.5 Å². The van der Waals surface area contributed by atoms with Crippen LogP contribution in [0, 0.1) is 5.82 Å². The molecule has 1 aliphatic carbocycles. The number of rotatable bonds is 6. The number of nitrogens with one attached hydrogen (secondary N) is 1. The third-order valence-corrected chi connectivity index (χ3v) is 7.93. The summed E-state index contributed by atoms with van der Waals surface area (Å²) in [6.45, 7) is 5.66. The zero-order chi connectivity index (χ0) is 25.8. The van der Waals surface area contributed by atoms with Gasteiger partial charge in [-0.1, -0.05) is 6.42 Å². The van der Waals surface area contributed by atoms with Crippen molar-refractivity contribution in [3.63, 3.8) is 0 Å². The number of halogens is 1. The van der Waals surface area contributed by atoms with Gasteiger partial charge in [-0.2, -0.15) is 9.61 Å². The number of aromatic nitrogens is 4. The minimum absolute atomic E-state index is 0.108.